The van der Waals surface area contributed by atoms with E-state index in [1.165, 1.54) is 98.4 Å². The fraction of sp³-hybridized carbons (Fsp3) is 0. The molecule has 0 fully saturated rings. The second kappa shape index (κ2) is 15.3. The molecule has 0 aromatic heterocycles. The summed E-state index contributed by atoms with van der Waals surface area (Å²) >= 11 is 0. The van der Waals surface area contributed by atoms with Gasteiger partial charge in [-0.2, -0.15) is 0 Å². The van der Waals surface area contributed by atoms with Crippen LogP contribution in [0.15, 0.2) is 249 Å². The minimum atomic E-state index is 1.10. The third-order valence-electron chi connectivity index (χ3n) is 12.9. The van der Waals surface area contributed by atoms with E-state index in [1.807, 2.05) is 0 Å². The molecule has 1 heteroatoms. The Morgan fingerprint density at radius 1 is 0.190 bits per heavy atom. The van der Waals surface area contributed by atoms with E-state index in [9.17, 15) is 0 Å². The average molecular weight is 800 g/mol. The Kier molecular flexibility index (Phi) is 8.90. The molecule has 0 aliphatic carbocycles. The van der Waals surface area contributed by atoms with Gasteiger partial charge in [-0.25, -0.2) is 0 Å². The Hall–Kier alpha value is -8.26. The fourth-order valence-corrected chi connectivity index (χ4v) is 9.74. The van der Waals surface area contributed by atoms with Crippen LogP contribution in [-0.2, 0) is 0 Å². The van der Waals surface area contributed by atoms with E-state index in [0.29, 0.717) is 0 Å². The zero-order valence-electron chi connectivity index (χ0n) is 34.6. The minimum Gasteiger partial charge on any atom is -0.311 e. The van der Waals surface area contributed by atoms with E-state index in [1.54, 1.807) is 0 Å². The summed E-state index contributed by atoms with van der Waals surface area (Å²) in [5, 5.41) is 12.7. The lowest BCUT2D eigenvalue weighted by Crippen LogP contribution is -2.09. The van der Waals surface area contributed by atoms with Crippen LogP contribution in [0.5, 0.6) is 0 Å². The monoisotopic (exact) mass is 799 g/mol. The molecule has 0 heterocycles. The quantitative estimate of drug-likeness (QED) is 0.145. The van der Waals surface area contributed by atoms with Crippen molar-refractivity contribution in [1.29, 1.82) is 0 Å². The summed E-state index contributed by atoms with van der Waals surface area (Å²) in [6, 6.07) is 90.9. The van der Waals surface area contributed by atoms with Crippen molar-refractivity contribution in [3.63, 3.8) is 0 Å². The first-order valence-electron chi connectivity index (χ1n) is 21.7. The molecule has 0 spiro atoms. The molecular weight excluding hydrogens is 759 g/mol. The van der Waals surface area contributed by atoms with Crippen molar-refractivity contribution < 1.29 is 0 Å². The lowest BCUT2D eigenvalue weighted by atomic mass is 9.93. The van der Waals surface area contributed by atoms with Gasteiger partial charge in [0.25, 0.3) is 0 Å². The van der Waals surface area contributed by atoms with Crippen molar-refractivity contribution in [2.45, 2.75) is 0 Å². The topological polar surface area (TPSA) is 3.24 Å². The maximum Gasteiger partial charge on any atom is 0.0462 e. The van der Waals surface area contributed by atoms with Gasteiger partial charge in [0.2, 0.25) is 0 Å². The van der Waals surface area contributed by atoms with Crippen LogP contribution in [0.25, 0.3) is 98.4 Å². The van der Waals surface area contributed by atoms with Crippen LogP contribution in [0.4, 0.5) is 17.1 Å². The molecule has 0 radical (unpaired) electrons. The van der Waals surface area contributed by atoms with Crippen molar-refractivity contribution >= 4 is 70.9 Å². The van der Waals surface area contributed by atoms with Gasteiger partial charge < -0.3 is 4.90 Å². The van der Waals surface area contributed by atoms with Crippen LogP contribution in [0, 0.1) is 0 Å². The zero-order valence-corrected chi connectivity index (χ0v) is 34.6. The molecule has 12 rings (SSSR count). The van der Waals surface area contributed by atoms with Crippen LogP contribution in [0.3, 0.4) is 0 Å². The van der Waals surface area contributed by atoms with Gasteiger partial charge in [-0.15, -0.1) is 0 Å². The number of anilines is 3. The Morgan fingerprint density at radius 3 is 0.984 bits per heavy atom. The molecular formula is C62H41N. The average Bonchev–Trinajstić information content (AvgIpc) is 3.36. The summed E-state index contributed by atoms with van der Waals surface area (Å²) < 4.78 is 0. The largest absolute Gasteiger partial charge is 0.311 e. The Balaban J connectivity index is 0.931. The van der Waals surface area contributed by atoms with Gasteiger partial charge in [-0.05, 0) is 147 Å². The highest BCUT2D eigenvalue weighted by atomic mass is 15.1. The molecule has 12 aromatic carbocycles. The summed E-state index contributed by atoms with van der Waals surface area (Å²) in [7, 11) is 0. The molecule has 0 aliphatic rings. The first-order valence-corrected chi connectivity index (χ1v) is 21.7. The van der Waals surface area contributed by atoms with Crippen LogP contribution in [0.2, 0.25) is 0 Å². The lowest BCUT2D eigenvalue weighted by molar-refractivity contribution is 1.28. The standard InChI is InChI=1S/C62H41N/c1-4-16-53-44(12-1)15-11-23-54(53)45-26-24-42(25-27-45)43-28-34-50(35-29-43)63(51-36-30-46(31-37-51)61-40-48-13-2-5-17-55(48)57-19-7-9-21-59(57)61)52-38-32-47(33-39-52)62-41-49-14-3-6-18-56(49)58-20-8-10-22-60(58)62/h1-41H. The van der Waals surface area contributed by atoms with Crippen LogP contribution < -0.4 is 4.90 Å². The third-order valence-corrected chi connectivity index (χ3v) is 12.9. The summed E-state index contributed by atoms with van der Waals surface area (Å²) in [5.41, 5.74) is 13.0. The maximum atomic E-state index is 2.37. The molecule has 1 nitrogen and oxygen atoms in total. The van der Waals surface area contributed by atoms with Crippen LogP contribution in [-0.4, -0.2) is 0 Å². The van der Waals surface area contributed by atoms with Crippen molar-refractivity contribution in [2.75, 3.05) is 4.90 Å². The lowest BCUT2D eigenvalue weighted by Gasteiger charge is -2.26. The SMILES string of the molecule is c1ccc2c(-c3ccc(-c4ccc(N(c5ccc(-c6cc7ccccc7c7ccccc67)cc5)c5ccc(-c6cc7ccccc7c7ccccc67)cc5)cc4)cc3)cccc2c1. The van der Waals surface area contributed by atoms with Crippen LogP contribution >= 0.6 is 0 Å². The van der Waals surface area contributed by atoms with Crippen LogP contribution in [0.1, 0.15) is 0 Å². The molecule has 0 atom stereocenters. The number of hydrogen-bond acceptors (Lipinski definition) is 1. The van der Waals surface area contributed by atoms with Gasteiger partial charge in [0.05, 0.1) is 0 Å². The second-order valence-corrected chi connectivity index (χ2v) is 16.5. The minimum absolute atomic E-state index is 1.10. The van der Waals surface area contributed by atoms with E-state index in [4.69, 9.17) is 0 Å². The molecule has 0 aliphatic heterocycles. The van der Waals surface area contributed by atoms with E-state index in [-0.39, 0.29) is 0 Å². The van der Waals surface area contributed by atoms with Crippen molar-refractivity contribution in [2.24, 2.45) is 0 Å². The van der Waals surface area contributed by atoms with Gasteiger partial charge in [-0.1, -0.05) is 200 Å². The fourth-order valence-electron chi connectivity index (χ4n) is 9.74. The first-order chi connectivity index (χ1) is 31.2. The van der Waals surface area contributed by atoms with Crippen molar-refractivity contribution in [3.8, 4) is 44.5 Å². The molecule has 0 saturated heterocycles. The van der Waals surface area contributed by atoms with Gasteiger partial charge in [0.1, 0.15) is 0 Å². The van der Waals surface area contributed by atoms with E-state index >= 15 is 0 Å². The highest BCUT2D eigenvalue weighted by molar-refractivity contribution is 6.15. The third kappa shape index (κ3) is 6.50. The van der Waals surface area contributed by atoms with Gasteiger partial charge in [-0.3, -0.25) is 0 Å². The molecule has 0 saturated carbocycles. The van der Waals surface area contributed by atoms with Gasteiger partial charge >= 0.3 is 0 Å². The van der Waals surface area contributed by atoms with Crippen molar-refractivity contribution in [3.05, 3.63) is 249 Å². The summed E-state index contributed by atoms with van der Waals surface area (Å²) in [6.45, 7) is 0. The number of benzene rings is 12. The molecule has 294 valence electrons. The Labute approximate surface area is 367 Å². The van der Waals surface area contributed by atoms with Crippen molar-refractivity contribution in [1.82, 2.24) is 0 Å². The summed E-state index contributed by atoms with van der Waals surface area (Å²) in [5.74, 6) is 0. The van der Waals surface area contributed by atoms with Gasteiger partial charge in [0, 0.05) is 17.1 Å². The smallest absolute Gasteiger partial charge is 0.0462 e. The molecule has 12 aromatic rings. The molecule has 63 heavy (non-hydrogen) atoms. The number of rotatable bonds is 7. The van der Waals surface area contributed by atoms with E-state index in [0.717, 1.165) is 17.1 Å². The van der Waals surface area contributed by atoms with E-state index in [2.05, 4.69) is 254 Å². The number of hydrogen-bond donors (Lipinski definition) is 0. The highest BCUT2D eigenvalue weighted by Gasteiger charge is 2.16. The molecule has 0 bridgehead atoms. The Bertz CT molecular complexity index is 3470. The Morgan fingerprint density at radius 2 is 0.508 bits per heavy atom. The van der Waals surface area contributed by atoms with E-state index < -0.39 is 0 Å². The maximum absolute atomic E-state index is 2.37. The molecule has 0 N–H and O–H groups in total. The normalized spacial score (nSPS) is 11.5. The summed E-state index contributed by atoms with van der Waals surface area (Å²) in [4.78, 5) is 2.37. The molecule has 0 unspecified atom stereocenters. The predicted octanol–water partition coefficient (Wildman–Crippen LogP) is 17.6. The predicted molar refractivity (Wildman–Crippen MR) is 270 cm³/mol. The highest BCUT2D eigenvalue weighted by Crippen LogP contribution is 2.41. The number of fused-ring (bicyclic) bond motifs is 7. The molecule has 0 amide bonds. The van der Waals surface area contributed by atoms with Gasteiger partial charge in [0.15, 0.2) is 0 Å². The summed E-state index contributed by atoms with van der Waals surface area (Å²) in [6.07, 6.45) is 0. The second-order valence-electron chi connectivity index (χ2n) is 16.5. The first kappa shape index (κ1) is 36.6. The zero-order chi connectivity index (χ0) is 41.7. The number of nitrogens with zero attached hydrogens (tertiary/aromatic N) is 1.